The van der Waals surface area contributed by atoms with Crippen molar-refractivity contribution in [3.63, 3.8) is 0 Å². The molecule has 0 aliphatic carbocycles. The van der Waals surface area contributed by atoms with Gasteiger partial charge in [-0.05, 0) is 62.0 Å². The molecule has 0 spiro atoms. The molecule has 0 saturated carbocycles. The highest BCUT2D eigenvalue weighted by Gasteiger charge is 2.10. The molecular weight excluding hydrogens is 382 g/mol. The lowest BCUT2D eigenvalue weighted by molar-refractivity contribution is -0.118. The third-order valence-electron chi connectivity index (χ3n) is 4.72. The molecule has 0 heterocycles. The van der Waals surface area contributed by atoms with Crippen molar-refractivity contribution in [3.8, 4) is 11.5 Å². The number of nitrogens with zero attached hydrogens (tertiary/aromatic N) is 1. The minimum atomic E-state index is -0.297. The van der Waals surface area contributed by atoms with Crippen LogP contribution < -0.4 is 20.1 Å². The second-order valence-electron chi connectivity index (χ2n) is 6.85. The summed E-state index contributed by atoms with van der Waals surface area (Å²) in [4.78, 5) is 26.6. The highest BCUT2D eigenvalue weighted by Crippen LogP contribution is 2.27. The highest BCUT2D eigenvalue weighted by atomic mass is 16.5. The average molecular weight is 414 g/mol. The molecule has 0 aliphatic rings. The van der Waals surface area contributed by atoms with E-state index in [1.807, 2.05) is 19.1 Å². The van der Waals surface area contributed by atoms with Crippen molar-refractivity contribution in [2.24, 2.45) is 0 Å². The van der Waals surface area contributed by atoms with Crippen molar-refractivity contribution >= 4 is 17.5 Å². The topological polar surface area (TPSA) is 79.9 Å². The van der Waals surface area contributed by atoms with Crippen LogP contribution in [0, 0.1) is 6.92 Å². The van der Waals surface area contributed by atoms with Crippen LogP contribution in [0.4, 0.5) is 5.69 Å². The van der Waals surface area contributed by atoms with Crippen LogP contribution in [0.15, 0.2) is 42.5 Å². The standard InChI is InChI=1S/C23H31N3O4/c1-5-26(6-2)14-13-24-23(28)18-8-10-19(11-9-18)25-22(27)16-30-20-12-7-17(3)15-21(20)29-4/h7-12,15H,5-6,13-14,16H2,1-4H3,(H,24,28)(H,25,27). The number of benzene rings is 2. The number of ether oxygens (including phenoxy) is 2. The van der Waals surface area contributed by atoms with Gasteiger partial charge in [-0.3, -0.25) is 9.59 Å². The fourth-order valence-corrected chi connectivity index (χ4v) is 2.91. The Balaban J connectivity index is 1.82. The predicted molar refractivity (Wildman–Crippen MR) is 118 cm³/mol. The van der Waals surface area contributed by atoms with Crippen LogP contribution in [0.1, 0.15) is 29.8 Å². The number of hydrogen-bond donors (Lipinski definition) is 2. The zero-order valence-corrected chi connectivity index (χ0v) is 18.2. The van der Waals surface area contributed by atoms with Crippen LogP contribution in [0.5, 0.6) is 11.5 Å². The smallest absolute Gasteiger partial charge is 0.262 e. The molecule has 0 bridgehead atoms. The Morgan fingerprint density at radius 1 is 1.00 bits per heavy atom. The number of carbonyl (C=O) groups is 2. The number of nitrogens with one attached hydrogen (secondary N) is 2. The van der Waals surface area contributed by atoms with Crippen molar-refractivity contribution in [3.05, 3.63) is 53.6 Å². The number of hydrogen-bond acceptors (Lipinski definition) is 5. The largest absolute Gasteiger partial charge is 0.493 e. The van der Waals surface area contributed by atoms with Crippen LogP contribution in [-0.2, 0) is 4.79 Å². The summed E-state index contributed by atoms with van der Waals surface area (Å²) in [6.45, 7) is 9.34. The number of carbonyl (C=O) groups excluding carboxylic acids is 2. The van der Waals surface area contributed by atoms with Gasteiger partial charge < -0.3 is 25.0 Å². The van der Waals surface area contributed by atoms with Crippen LogP contribution in [-0.4, -0.2) is 56.6 Å². The van der Waals surface area contributed by atoms with E-state index in [9.17, 15) is 9.59 Å². The summed E-state index contributed by atoms with van der Waals surface area (Å²) in [5, 5.41) is 5.67. The molecule has 0 aromatic heterocycles. The molecule has 7 nitrogen and oxygen atoms in total. The van der Waals surface area contributed by atoms with Crippen molar-refractivity contribution in [2.45, 2.75) is 20.8 Å². The fourth-order valence-electron chi connectivity index (χ4n) is 2.91. The third kappa shape index (κ3) is 7.08. The van der Waals surface area contributed by atoms with E-state index >= 15 is 0 Å². The van der Waals surface area contributed by atoms with Crippen LogP contribution in [0.2, 0.25) is 0 Å². The SMILES string of the molecule is CCN(CC)CCNC(=O)c1ccc(NC(=O)COc2ccc(C)cc2OC)cc1. The monoisotopic (exact) mass is 413 g/mol. The van der Waals surface area contributed by atoms with Gasteiger partial charge in [0.25, 0.3) is 11.8 Å². The number of rotatable bonds is 11. The van der Waals surface area contributed by atoms with Gasteiger partial charge >= 0.3 is 0 Å². The van der Waals surface area contributed by atoms with Gasteiger partial charge in [0.05, 0.1) is 7.11 Å². The molecule has 162 valence electrons. The summed E-state index contributed by atoms with van der Waals surface area (Å²) in [6.07, 6.45) is 0. The minimum absolute atomic E-state index is 0.130. The Hall–Kier alpha value is -3.06. The highest BCUT2D eigenvalue weighted by molar-refractivity contribution is 5.96. The van der Waals surface area contributed by atoms with Crippen molar-refractivity contribution < 1.29 is 19.1 Å². The Morgan fingerprint density at radius 2 is 1.70 bits per heavy atom. The quantitative estimate of drug-likeness (QED) is 0.592. The lowest BCUT2D eigenvalue weighted by atomic mass is 10.2. The molecule has 0 radical (unpaired) electrons. The number of likely N-dealkylation sites (N-methyl/N-ethyl adjacent to an activating group) is 1. The van der Waals surface area contributed by atoms with Gasteiger partial charge in [0, 0.05) is 24.3 Å². The van der Waals surface area contributed by atoms with E-state index in [1.165, 1.54) is 0 Å². The Labute approximate surface area is 178 Å². The van der Waals surface area contributed by atoms with Gasteiger partial charge in [-0.25, -0.2) is 0 Å². The summed E-state index contributed by atoms with van der Waals surface area (Å²) in [5.41, 5.74) is 2.19. The summed E-state index contributed by atoms with van der Waals surface area (Å²) in [5.74, 6) is 0.665. The summed E-state index contributed by atoms with van der Waals surface area (Å²) in [6, 6.07) is 12.3. The van der Waals surface area contributed by atoms with Crippen molar-refractivity contribution in [2.75, 3.05) is 45.2 Å². The van der Waals surface area contributed by atoms with Gasteiger partial charge in [0.2, 0.25) is 0 Å². The number of anilines is 1. The summed E-state index contributed by atoms with van der Waals surface area (Å²) >= 11 is 0. The van der Waals surface area contributed by atoms with Gasteiger partial charge in [-0.1, -0.05) is 19.9 Å². The maximum absolute atomic E-state index is 12.2. The number of methoxy groups -OCH3 is 1. The molecule has 2 N–H and O–H groups in total. The zero-order chi connectivity index (χ0) is 21.9. The molecule has 0 fully saturated rings. The van der Waals surface area contributed by atoms with E-state index in [1.54, 1.807) is 37.4 Å². The average Bonchev–Trinajstić information content (AvgIpc) is 2.76. The van der Waals surface area contributed by atoms with Crippen LogP contribution in [0.3, 0.4) is 0 Å². The first-order chi connectivity index (χ1) is 14.5. The first-order valence-electron chi connectivity index (χ1n) is 10.1. The van der Waals surface area contributed by atoms with E-state index in [4.69, 9.17) is 9.47 Å². The predicted octanol–water partition coefficient (Wildman–Crippen LogP) is 3.09. The lowest BCUT2D eigenvalue weighted by Gasteiger charge is -2.18. The van der Waals surface area contributed by atoms with Gasteiger partial charge in [-0.2, -0.15) is 0 Å². The molecule has 2 amide bonds. The number of amides is 2. The Bertz CT molecular complexity index is 833. The first kappa shape index (κ1) is 23.2. The Morgan fingerprint density at radius 3 is 2.33 bits per heavy atom. The maximum atomic E-state index is 12.2. The minimum Gasteiger partial charge on any atom is -0.493 e. The molecule has 30 heavy (non-hydrogen) atoms. The molecule has 0 aliphatic heterocycles. The van der Waals surface area contributed by atoms with E-state index in [0.717, 1.165) is 25.2 Å². The van der Waals surface area contributed by atoms with Crippen molar-refractivity contribution in [1.82, 2.24) is 10.2 Å². The maximum Gasteiger partial charge on any atom is 0.262 e. The third-order valence-corrected chi connectivity index (χ3v) is 4.72. The molecule has 0 unspecified atom stereocenters. The second kappa shape index (κ2) is 11.8. The Kier molecular flexibility index (Phi) is 9.15. The van der Waals surface area contributed by atoms with Gasteiger partial charge in [-0.15, -0.1) is 0 Å². The van der Waals surface area contributed by atoms with Crippen LogP contribution in [0.25, 0.3) is 0 Å². The molecule has 0 atom stereocenters. The molecular formula is C23H31N3O4. The van der Waals surface area contributed by atoms with Gasteiger partial charge in [0.1, 0.15) is 0 Å². The zero-order valence-electron chi connectivity index (χ0n) is 18.2. The van der Waals surface area contributed by atoms with E-state index < -0.39 is 0 Å². The number of aryl methyl sites for hydroxylation is 1. The normalized spacial score (nSPS) is 10.6. The van der Waals surface area contributed by atoms with Crippen molar-refractivity contribution in [1.29, 1.82) is 0 Å². The first-order valence-corrected chi connectivity index (χ1v) is 10.1. The molecule has 0 saturated heterocycles. The second-order valence-corrected chi connectivity index (χ2v) is 6.85. The molecule has 2 rings (SSSR count). The van der Waals surface area contributed by atoms with E-state index in [-0.39, 0.29) is 18.4 Å². The lowest BCUT2D eigenvalue weighted by Crippen LogP contribution is -2.34. The van der Waals surface area contributed by atoms with Crippen LogP contribution >= 0.6 is 0 Å². The molecule has 2 aromatic carbocycles. The summed E-state index contributed by atoms with van der Waals surface area (Å²) in [7, 11) is 1.56. The molecule has 7 heteroatoms. The van der Waals surface area contributed by atoms with Gasteiger partial charge in [0.15, 0.2) is 18.1 Å². The van der Waals surface area contributed by atoms with E-state index in [0.29, 0.717) is 29.3 Å². The summed E-state index contributed by atoms with van der Waals surface area (Å²) < 4.78 is 10.8. The fraction of sp³-hybridized carbons (Fsp3) is 0.391. The van der Waals surface area contributed by atoms with E-state index in [2.05, 4.69) is 29.4 Å². The molecule has 2 aromatic rings.